The molecular formula is C20H32S. The predicted octanol–water partition coefficient (Wildman–Crippen LogP) is 6.79. The van der Waals surface area contributed by atoms with Crippen molar-refractivity contribution in [2.45, 2.75) is 76.4 Å². The van der Waals surface area contributed by atoms with Crippen LogP contribution in [0, 0.1) is 0 Å². The van der Waals surface area contributed by atoms with Crippen molar-refractivity contribution in [2.24, 2.45) is 0 Å². The van der Waals surface area contributed by atoms with Crippen molar-refractivity contribution in [1.82, 2.24) is 0 Å². The van der Waals surface area contributed by atoms with Crippen LogP contribution in [-0.4, -0.2) is 5.25 Å². The van der Waals surface area contributed by atoms with Crippen molar-refractivity contribution in [3.05, 3.63) is 48.0 Å². The third-order valence-electron chi connectivity index (χ3n) is 4.11. The van der Waals surface area contributed by atoms with Crippen LogP contribution in [0.3, 0.4) is 0 Å². The van der Waals surface area contributed by atoms with E-state index in [1.807, 2.05) is 0 Å². The fourth-order valence-corrected chi connectivity index (χ4v) is 2.92. The summed E-state index contributed by atoms with van der Waals surface area (Å²) in [5, 5.41) is 0.587. The fourth-order valence-electron chi connectivity index (χ4n) is 2.59. The third kappa shape index (κ3) is 9.03. The summed E-state index contributed by atoms with van der Waals surface area (Å²) in [6.07, 6.45) is 14.8. The molecule has 0 spiro atoms. The Balaban J connectivity index is 2.07. The van der Waals surface area contributed by atoms with E-state index in [0.717, 1.165) is 0 Å². The average Bonchev–Trinajstić information content (AvgIpc) is 2.51. The van der Waals surface area contributed by atoms with Crippen LogP contribution >= 0.6 is 12.6 Å². The van der Waals surface area contributed by atoms with Gasteiger partial charge in [0.1, 0.15) is 0 Å². The molecular weight excluding hydrogens is 272 g/mol. The molecule has 0 aliphatic rings. The lowest BCUT2D eigenvalue weighted by Gasteiger charge is -2.10. The van der Waals surface area contributed by atoms with E-state index in [4.69, 9.17) is 0 Å². The molecule has 0 heterocycles. The standard InChI is InChI=1S/C20H32S/c1-3-4-8-16-20(21)17-12-6-5-9-13-18(2)19-14-10-7-11-15-19/h5-7,10-11,14-15,18,20-21H,3-4,8-9,12-13,16-17H2,1-2H3/b6-5+. The van der Waals surface area contributed by atoms with Gasteiger partial charge in [0.25, 0.3) is 0 Å². The van der Waals surface area contributed by atoms with E-state index < -0.39 is 0 Å². The molecule has 21 heavy (non-hydrogen) atoms. The highest BCUT2D eigenvalue weighted by atomic mass is 32.1. The lowest BCUT2D eigenvalue weighted by atomic mass is 9.96. The summed E-state index contributed by atoms with van der Waals surface area (Å²) in [5.41, 5.74) is 1.46. The van der Waals surface area contributed by atoms with E-state index in [2.05, 4.69) is 69.0 Å². The Bertz CT molecular complexity index is 369. The minimum atomic E-state index is 0.587. The molecule has 0 saturated heterocycles. The van der Waals surface area contributed by atoms with E-state index in [-0.39, 0.29) is 0 Å². The zero-order valence-corrected chi connectivity index (χ0v) is 14.7. The van der Waals surface area contributed by atoms with Crippen LogP contribution < -0.4 is 0 Å². The Morgan fingerprint density at radius 2 is 1.62 bits per heavy atom. The van der Waals surface area contributed by atoms with Gasteiger partial charge < -0.3 is 0 Å². The minimum absolute atomic E-state index is 0.587. The molecule has 1 heteroatoms. The summed E-state index contributed by atoms with van der Waals surface area (Å²) in [6, 6.07) is 10.8. The highest BCUT2D eigenvalue weighted by Crippen LogP contribution is 2.20. The minimum Gasteiger partial charge on any atom is -0.176 e. The van der Waals surface area contributed by atoms with Crippen LogP contribution in [0.4, 0.5) is 0 Å². The summed E-state index contributed by atoms with van der Waals surface area (Å²) < 4.78 is 0. The van der Waals surface area contributed by atoms with Crippen molar-refractivity contribution in [1.29, 1.82) is 0 Å². The van der Waals surface area contributed by atoms with Gasteiger partial charge in [-0.15, -0.1) is 0 Å². The maximum absolute atomic E-state index is 4.67. The number of hydrogen-bond acceptors (Lipinski definition) is 1. The molecule has 1 aromatic carbocycles. The quantitative estimate of drug-likeness (QED) is 0.260. The fraction of sp³-hybridized carbons (Fsp3) is 0.600. The number of hydrogen-bond donors (Lipinski definition) is 1. The molecule has 0 aromatic heterocycles. The van der Waals surface area contributed by atoms with E-state index in [0.29, 0.717) is 11.2 Å². The molecule has 0 saturated carbocycles. The highest BCUT2D eigenvalue weighted by molar-refractivity contribution is 7.80. The molecule has 0 amide bonds. The van der Waals surface area contributed by atoms with Crippen LogP contribution in [0.15, 0.2) is 42.5 Å². The predicted molar refractivity (Wildman–Crippen MR) is 99.4 cm³/mol. The third-order valence-corrected chi connectivity index (χ3v) is 4.63. The Labute approximate surface area is 137 Å². The monoisotopic (exact) mass is 304 g/mol. The van der Waals surface area contributed by atoms with Crippen LogP contribution in [-0.2, 0) is 0 Å². The molecule has 0 radical (unpaired) electrons. The largest absolute Gasteiger partial charge is 0.176 e. The zero-order valence-electron chi connectivity index (χ0n) is 13.8. The Kier molecular flexibility index (Phi) is 10.4. The van der Waals surface area contributed by atoms with Crippen LogP contribution in [0.5, 0.6) is 0 Å². The summed E-state index contributed by atoms with van der Waals surface area (Å²) in [6.45, 7) is 4.58. The summed E-state index contributed by atoms with van der Waals surface area (Å²) in [5.74, 6) is 0.655. The lowest BCUT2D eigenvalue weighted by molar-refractivity contribution is 0.624. The SMILES string of the molecule is CCCCCC(S)CC/C=C/CCC(C)c1ccccc1. The number of rotatable bonds is 11. The second kappa shape index (κ2) is 11.9. The van der Waals surface area contributed by atoms with Gasteiger partial charge in [-0.05, 0) is 43.6 Å². The molecule has 0 fully saturated rings. The van der Waals surface area contributed by atoms with Crippen molar-refractivity contribution in [3.63, 3.8) is 0 Å². The van der Waals surface area contributed by atoms with Crippen LogP contribution in [0.1, 0.15) is 76.7 Å². The first-order valence-electron chi connectivity index (χ1n) is 8.62. The Hall–Kier alpha value is -0.690. The number of benzene rings is 1. The van der Waals surface area contributed by atoms with Crippen LogP contribution in [0.25, 0.3) is 0 Å². The summed E-state index contributed by atoms with van der Waals surface area (Å²) >= 11 is 4.67. The van der Waals surface area contributed by atoms with Gasteiger partial charge in [-0.3, -0.25) is 0 Å². The summed E-state index contributed by atoms with van der Waals surface area (Å²) in [7, 11) is 0. The molecule has 2 unspecified atom stereocenters. The molecule has 0 aliphatic carbocycles. The van der Waals surface area contributed by atoms with Gasteiger partial charge in [-0.2, -0.15) is 12.6 Å². The zero-order chi connectivity index (χ0) is 15.3. The van der Waals surface area contributed by atoms with E-state index in [9.17, 15) is 0 Å². The van der Waals surface area contributed by atoms with Crippen LogP contribution in [0.2, 0.25) is 0 Å². The van der Waals surface area contributed by atoms with Crippen molar-refractivity contribution >= 4 is 12.6 Å². The smallest absolute Gasteiger partial charge is 0.00197 e. The second-order valence-corrected chi connectivity index (χ2v) is 6.82. The second-order valence-electron chi connectivity index (χ2n) is 6.09. The lowest BCUT2D eigenvalue weighted by Crippen LogP contribution is -1.97. The van der Waals surface area contributed by atoms with Gasteiger partial charge in [0.05, 0.1) is 0 Å². The highest BCUT2D eigenvalue weighted by Gasteiger charge is 2.03. The normalized spacial score (nSPS) is 14.4. The molecule has 118 valence electrons. The molecule has 0 bridgehead atoms. The molecule has 2 atom stereocenters. The van der Waals surface area contributed by atoms with Crippen molar-refractivity contribution < 1.29 is 0 Å². The van der Waals surface area contributed by atoms with Gasteiger partial charge in [-0.1, -0.05) is 75.6 Å². The maximum Gasteiger partial charge on any atom is 0.00197 e. The number of allylic oxidation sites excluding steroid dienone is 2. The maximum atomic E-state index is 4.67. The number of unbranched alkanes of at least 4 members (excludes halogenated alkanes) is 2. The molecule has 1 rings (SSSR count). The average molecular weight is 305 g/mol. The van der Waals surface area contributed by atoms with E-state index in [1.54, 1.807) is 0 Å². The first kappa shape index (κ1) is 18.4. The molecule has 0 nitrogen and oxygen atoms in total. The van der Waals surface area contributed by atoms with Gasteiger partial charge >= 0.3 is 0 Å². The summed E-state index contributed by atoms with van der Waals surface area (Å²) in [4.78, 5) is 0. The van der Waals surface area contributed by atoms with Crippen molar-refractivity contribution in [2.75, 3.05) is 0 Å². The molecule has 1 aromatic rings. The Morgan fingerprint density at radius 3 is 2.29 bits per heavy atom. The first-order chi connectivity index (χ1) is 10.2. The topological polar surface area (TPSA) is 0 Å². The van der Waals surface area contributed by atoms with Crippen molar-refractivity contribution in [3.8, 4) is 0 Å². The molecule has 0 aliphatic heterocycles. The van der Waals surface area contributed by atoms with E-state index in [1.165, 1.54) is 56.9 Å². The first-order valence-corrected chi connectivity index (χ1v) is 9.13. The van der Waals surface area contributed by atoms with Gasteiger partial charge in [0.2, 0.25) is 0 Å². The number of thiol groups is 1. The van der Waals surface area contributed by atoms with E-state index >= 15 is 0 Å². The van der Waals surface area contributed by atoms with Gasteiger partial charge in [0, 0.05) is 5.25 Å². The van der Waals surface area contributed by atoms with Gasteiger partial charge in [0.15, 0.2) is 0 Å². The van der Waals surface area contributed by atoms with Gasteiger partial charge in [-0.25, -0.2) is 0 Å². The molecule has 0 N–H and O–H groups in total. The Morgan fingerprint density at radius 1 is 0.952 bits per heavy atom.